The highest BCUT2D eigenvalue weighted by molar-refractivity contribution is 4.61. The molecule has 0 aliphatic rings. The molecule has 0 radical (unpaired) electrons. The van der Waals surface area contributed by atoms with Crippen molar-refractivity contribution < 1.29 is 5.11 Å². The van der Waals surface area contributed by atoms with Crippen molar-refractivity contribution in [3.63, 3.8) is 0 Å². The summed E-state index contributed by atoms with van der Waals surface area (Å²) in [6, 6.07) is 0. The van der Waals surface area contributed by atoms with Crippen LogP contribution in [0.1, 0.15) is 136 Å². The zero-order chi connectivity index (χ0) is 17.7. The number of unbranched alkanes of at least 4 members (excludes halogenated alkanes) is 14. The molecule has 24 heavy (non-hydrogen) atoms. The lowest BCUT2D eigenvalue weighted by Crippen LogP contribution is -2.03. The van der Waals surface area contributed by atoms with Crippen molar-refractivity contribution in [2.75, 3.05) is 6.61 Å². The van der Waals surface area contributed by atoms with Crippen molar-refractivity contribution in [3.05, 3.63) is 0 Å². The predicted octanol–water partition coefficient (Wildman–Crippen LogP) is 8.05. The minimum Gasteiger partial charge on any atom is -0.396 e. The van der Waals surface area contributed by atoms with Crippen molar-refractivity contribution in [1.29, 1.82) is 0 Å². The molecule has 0 unspecified atom stereocenters. The molecule has 1 atom stereocenters. The van der Waals surface area contributed by atoms with Crippen LogP contribution in [-0.2, 0) is 0 Å². The first-order chi connectivity index (χ1) is 11.8. The van der Waals surface area contributed by atoms with E-state index >= 15 is 0 Å². The summed E-state index contributed by atoms with van der Waals surface area (Å²) in [5.74, 6) is 0.787. The highest BCUT2D eigenvalue weighted by Gasteiger charge is 2.07. The Balaban J connectivity index is 3.37. The lowest BCUT2D eigenvalue weighted by Gasteiger charge is -2.15. The number of aliphatic hydroxyl groups is 1. The van der Waals surface area contributed by atoms with E-state index in [2.05, 4.69) is 13.8 Å². The van der Waals surface area contributed by atoms with E-state index in [0.717, 1.165) is 12.3 Å². The van der Waals surface area contributed by atoms with Crippen molar-refractivity contribution in [3.8, 4) is 0 Å². The van der Waals surface area contributed by atoms with E-state index in [4.69, 9.17) is 0 Å². The molecule has 0 spiro atoms. The fourth-order valence-corrected chi connectivity index (χ4v) is 3.75. The van der Waals surface area contributed by atoms with Gasteiger partial charge >= 0.3 is 0 Å². The minimum atomic E-state index is 0.387. The van der Waals surface area contributed by atoms with Crippen LogP contribution >= 0.6 is 0 Å². The third-order valence-electron chi connectivity index (χ3n) is 5.47. The van der Waals surface area contributed by atoms with Crippen LogP contribution in [0.3, 0.4) is 0 Å². The maximum atomic E-state index is 9.25. The van der Waals surface area contributed by atoms with Crippen LogP contribution in [0, 0.1) is 5.92 Å². The molecule has 0 rings (SSSR count). The largest absolute Gasteiger partial charge is 0.396 e. The molecule has 1 heteroatoms. The molecule has 0 aliphatic heterocycles. The van der Waals surface area contributed by atoms with E-state index in [1.54, 1.807) is 0 Å². The topological polar surface area (TPSA) is 20.2 Å². The molecule has 1 N–H and O–H groups in total. The molecular weight excluding hydrogens is 292 g/mol. The predicted molar refractivity (Wildman–Crippen MR) is 110 cm³/mol. The third-order valence-corrected chi connectivity index (χ3v) is 5.47. The van der Waals surface area contributed by atoms with Crippen molar-refractivity contribution in [2.24, 2.45) is 5.92 Å². The summed E-state index contributed by atoms with van der Waals surface area (Å²) in [5, 5.41) is 9.25. The summed E-state index contributed by atoms with van der Waals surface area (Å²) < 4.78 is 0. The molecule has 0 amide bonds. The van der Waals surface area contributed by atoms with Crippen LogP contribution in [-0.4, -0.2) is 11.7 Å². The van der Waals surface area contributed by atoms with E-state index < -0.39 is 0 Å². The fourth-order valence-electron chi connectivity index (χ4n) is 3.75. The molecule has 0 heterocycles. The Morgan fingerprint density at radius 2 is 0.792 bits per heavy atom. The van der Waals surface area contributed by atoms with Gasteiger partial charge in [0.25, 0.3) is 0 Å². The zero-order valence-electron chi connectivity index (χ0n) is 17.2. The quantitative estimate of drug-likeness (QED) is 0.222. The normalized spacial score (nSPS) is 12.6. The van der Waals surface area contributed by atoms with Crippen molar-refractivity contribution in [2.45, 2.75) is 136 Å². The lowest BCUT2D eigenvalue weighted by atomic mass is 9.92. The summed E-state index contributed by atoms with van der Waals surface area (Å²) in [6.45, 7) is 4.95. The van der Waals surface area contributed by atoms with Gasteiger partial charge in [-0.2, -0.15) is 0 Å². The third kappa shape index (κ3) is 18.3. The average molecular weight is 341 g/mol. The molecule has 0 aromatic carbocycles. The van der Waals surface area contributed by atoms with E-state index in [-0.39, 0.29) is 0 Å². The minimum absolute atomic E-state index is 0.387. The van der Waals surface area contributed by atoms with Gasteiger partial charge in [-0.15, -0.1) is 0 Å². The highest BCUT2D eigenvalue weighted by atomic mass is 16.3. The standard InChI is InChI=1S/C23H48O/c1-3-5-7-9-10-11-12-13-14-16-18-20-23(21-22-24)19-17-15-8-6-4-2/h23-24H,3-22H2,1-2H3/t23-/m1/s1. The van der Waals surface area contributed by atoms with Crippen LogP contribution in [0.4, 0.5) is 0 Å². The van der Waals surface area contributed by atoms with Crippen LogP contribution in [0.25, 0.3) is 0 Å². The monoisotopic (exact) mass is 340 g/mol. The van der Waals surface area contributed by atoms with Crippen LogP contribution in [0.5, 0.6) is 0 Å². The molecule has 0 fully saturated rings. The maximum Gasteiger partial charge on any atom is 0.0433 e. The van der Waals surface area contributed by atoms with Gasteiger partial charge in [-0.25, -0.2) is 0 Å². The Kier molecular flexibility index (Phi) is 21.0. The van der Waals surface area contributed by atoms with Gasteiger partial charge < -0.3 is 5.11 Å². The molecule has 0 saturated carbocycles. The molecule has 0 aromatic rings. The summed E-state index contributed by atoms with van der Waals surface area (Å²) in [6.07, 6.45) is 26.3. The van der Waals surface area contributed by atoms with Gasteiger partial charge in [0.05, 0.1) is 0 Å². The van der Waals surface area contributed by atoms with Crippen molar-refractivity contribution in [1.82, 2.24) is 0 Å². The summed E-state index contributed by atoms with van der Waals surface area (Å²) in [5.41, 5.74) is 0. The number of aliphatic hydroxyl groups excluding tert-OH is 1. The second-order valence-electron chi connectivity index (χ2n) is 7.91. The van der Waals surface area contributed by atoms with E-state index in [1.165, 1.54) is 116 Å². The van der Waals surface area contributed by atoms with Gasteiger partial charge in [0.1, 0.15) is 0 Å². The van der Waals surface area contributed by atoms with Gasteiger partial charge in [-0.1, -0.05) is 129 Å². The van der Waals surface area contributed by atoms with Gasteiger partial charge in [0.2, 0.25) is 0 Å². The van der Waals surface area contributed by atoms with E-state index in [1.807, 2.05) is 0 Å². The summed E-state index contributed by atoms with van der Waals surface area (Å²) >= 11 is 0. The second-order valence-corrected chi connectivity index (χ2v) is 7.91. The molecule has 0 bridgehead atoms. The SMILES string of the molecule is CCCCCCCCCCCCC[C@H](CCO)CCCCCCC. The van der Waals surface area contributed by atoms with Crippen molar-refractivity contribution >= 4 is 0 Å². The Bertz CT molecular complexity index is 214. The fraction of sp³-hybridized carbons (Fsp3) is 1.00. The molecular formula is C23H48O. The lowest BCUT2D eigenvalue weighted by molar-refractivity contribution is 0.241. The number of hydrogen-bond acceptors (Lipinski definition) is 1. The Hall–Kier alpha value is -0.0400. The van der Waals surface area contributed by atoms with E-state index in [0.29, 0.717) is 6.61 Å². The smallest absolute Gasteiger partial charge is 0.0433 e. The molecule has 146 valence electrons. The second kappa shape index (κ2) is 21.0. The molecule has 0 aliphatic carbocycles. The first-order valence-corrected chi connectivity index (χ1v) is 11.5. The van der Waals surface area contributed by atoms with Gasteiger partial charge in [-0.05, 0) is 12.3 Å². The van der Waals surface area contributed by atoms with Gasteiger partial charge in [-0.3, -0.25) is 0 Å². The maximum absolute atomic E-state index is 9.25. The summed E-state index contributed by atoms with van der Waals surface area (Å²) in [7, 11) is 0. The van der Waals surface area contributed by atoms with Crippen LogP contribution in [0.2, 0.25) is 0 Å². The molecule has 1 nitrogen and oxygen atoms in total. The number of hydrogen-bond donors (Lipinski definition) is 1. The Morgan fingerprint density at radius 1 is 0.458 bits per heavy atom. The first kappa shape index (κ1) is 24.0. The van der Waals surface area contributed by atoms with Gasteiger partial charge in [0.15, 0.2) is 0 Å². The molecule has 0 aromatic heterocycles. The Morgan fingerprint density at radius 3 is 1.12 bits per heavy atom. The zero-order valence-corrected chi connectivity index (χ0v) is 17.2. The Labute approximate surface area is 154 Å². The average Bonchev–Trinajstić information content (AvgIpc) is 2.59. The van der Waals surface area contributed by atoms with Crippen LogP contribution < -0.4 is 0 Å². The summed E-state index contributed by atoms with van der Waals surface area (Å²) in [4.78, 5) is 0. The van der Waals surface area contributed by atoms with E-state index in [9.17, 15) is 5.11 Å². The highest BCUT2D eigenvalue weighted by Crippen LogP contribution is 2.21. The number of rotatable bonds is 20. The van der Waals surface area contributed by atoms with Gasteiger partial charge in [0, 0.05) is 6.61 Å². The van der Waals surface area contributed by atoms with Crippen LogP contribution in [0.15, 0.2) is 0 Å². The first-order valence-electron chi connectivity index (χ1n) is 11.5. The molecule has 0 saturated heterocycles.